The summed E-state index contributed by atoms with van der Waals surface area (Å²) < 4.78 is 30.0. The van der Waals surface area contributed by atoms with Crippen LogP contribution >= 0.6 is 0 Å². The maximum Gasteiger partial charge on any atom is 0.407 e. The van der Waals surface area contributed by atoms with Crippen LogP contribution in [0.4, 0.5) is 13.6 Å². The number of hydrogen-bond acceptors (Lipinski definition) is 4. The van der Waals surface area contributed by atoms with Gasteiger partial charge in [0, 0.05) is 24.9 Å². The second kappa shape index (κ2) is 4.88. The van der Waals surface area contributed by atoms with E-state index in [1.807, 2.05) is 0 Å². The van der Waals surface area contributed by atoms with Gasteiger partial charge >= 0.3 is 6.09 Å². The van der Waals surface area contributed by atoms with Crippen molar-refractivity contribution in [3.8, 4) is 0 Å². The van der Waals surface area contributed by atoms with Crippen LogP contribution < -0.4 is 0 Å². The number of fused-ring (bicyclic) bond motifs is 3. The maximum atomic E-state index is 14.5. The Kier molecular flexibility index (Phi) is 3.37. The number of carbonyl (C=O) groups is 1. The molecule has 0 radical (unpaired) electrons. The van der Waals surface area contributed by atoms with Crippen molar-refractivity contribution < 1.29 is 28.9 Å². The van der Waals surface area contributed by atoms with Crippen molar-refractivity contribution in [3.05, 3.63) is 17.0 Å². The Morgan fingerprint density at radius 2 is 2.09 bits per heavy atom. The smallest absolute Gasteiger partial charge is 0.407 e. The largest absolute Gasteiger partial charge is 0.465 e. The minimum absolute atomic E-state index is 0.132. The molecule has 9 heteroatoms. The lowest BCUT2D eigenvalue weighted by Gasteiger charge is -2.25. The standard InChI is InChI=1S/C13H17F2N3O4/c14-13(15)3-2-12(22,7-19)6-18-10(13)8-5-17(11(20)21)4-1-9(8)16-18/h19,22H,1-7H2,(H,20,21). The molecule has 2 aliphatic rings. The lowest BCUT2D eigenvalue weighted by molar-refractivity contribution is -0.0596. The third-order valence-electron chi connectivity index (χ3n) is 4.36. The molecule has 0 saturated heterocycles. The molecule has 0 bridgehead atoms. The Labute approximate surface area is 124 Å². The molecule has 1 amide bonds. The number of nitrogens with zero attached hydrogens (tertiary/aromatic N) is 3. The zero-order valence-electron chi connectivity index (χ0n) is 11.8. The molecule has 0 spiro atoms. The SMILES string of the molecule is O=C(O)N1CCc2nn3c(c2C1)C(F)(F)CCC(O)(CO)C3. The van der Waals surface area contributed by atoms with Crippen LogP contribution in [0.5, 0.6) is 0 Å². The first-order chi connectivity index (χ1) is 10.3. The second-order valence-corrected chi connectivity index (χ2v) is 5.97. The molecule has 7 nitrogen and oxygen atoms in total. The van der Waals surface area contributed by atoms with Crippen LogP contribution in [0.3, 0.4) is 0 Å². The lowest BCUT2D eigenvalue weighted by Crippen LogP contribution is -2.37. The van der Waals surface area contributed by atoms with E-state index in [9.17, 15) is 23.8 Å². The highest BCUT2D eigenvalue weighted by Gasteiger charge is 2.47. The fourth-order valence-electron chi connectivity index (χ4n) is 3.11. The summed E-state index contributed by atoms with van der Waals surface area (Å²) in [6.45, 7) is -0.787. The van der Waals surface area contributed by atoms with Crippen molar-refractivity contribution in [1.82, 2.24) is 14.7 Å². The zero-order valence-corrected chi connectivity index (χ0v) is 11.8. The number of aliphatic hydroxyl groups excluding tert-OH is 1. The number of alkyl halides is 2. The number of hydrogen-bond donors (Lipinski definition) is 3. The number of rotatable bonds is 1. The molecule has 2 aliphatic heterocycles. The Morgan fingerprint density at radius 1 is 1.36 bits per heavy atom. The van der Waals surface area contributed by atoms with Crippen LogP contribution in [0.2, 0.25) is 0 Å². The van der Waals surface area contributed by atoms with Crippen LogP contribution in [0, 0.1) is 0 Å². The Balaban J connectivity index is 2.07. The van der Waals surface area contributed by atoms with E-state index >= 15 is 0 Å². The molecule has 1 atom stereocenters. The average molecular weight is 317 g/mol. The van der Waals surface area contributed by atoms with Crippen LogP contribution in [0.25, 0.3) is 0 Å². The fraction of sp³-hybridized carbons (Fsp3) is 0.692. The van der Waals surface area contributed by atoms with Crippen molar-refractivity contribution in [2.24, 2.45) is 0 Å². The van der Waals surface area contributed by atoms with Gasteiger partial charge in [-0.15, -0.1) is 0 Å². The molecular formula is C13H17F2N3O4. The van der Waals surface area contributed by atoms with Crippen molar-refractivity contribution in [1.29, 1.82) is 0 Å². The predicted molar refractivity (Wildman–Crippen MR) is 69.5 cm³/mol. The molecule has 1 aromatic heterocycles. The zero-order chi connectivity index (χ0) is 16.1. The van der Waals surface area contributed by atoms with Gasteiger partial charge in [-0.2, -0.15) is 13.9 Å². The summed E-state index contributed by atoms with van der Waals surface area (Å²) in [7, 11) is 0. The summed E-state index contributed by atoms with van der Waals surface area (Å²) in [6.07, 6.45) is -1.77. The van der Waals surface area contributed by atoms with Gasteiger partial charge in [-0.3, -0.25) is 4.68 Å². The van der Waals surface area contributed by atoms with E-state index in [0.29, 0.717) is 5.69 Å². The molecule has 0 aromatic carbocycles. The highest BCUT2D eigenvalue weighted by molar-refractivity contribution is 5.65. The van der Waals surface area contributed by atoms with Gasteiger partial charge in [-0.1, -0.05) is 0 Å². The number of halogens is 2. The normalized spacial score (nSPS) is 27.0. The van der Waals surface area contributed by atoms with E-state index in [0.717, 1.165) is 9.58 Å². The molecule has 1 unspecified atom stereocenters. The average Bonchev–Trinajstić information content (AvgIpc) is 2.77. The highest BCUT2D eigenvalue weighted by atomic mass is 19.3. The van der Waals surface area contributed by atoms with Gasteiger partial charge in [0.25, 0.3) is 5.92 Å². The minimum atomic E-state index is -3.22. The maximum absolute atomic E-state index is 14.5. The van der Waals surface area contributed by atoms with Gasteiger partial charge in [0.05, 0.1) is 25.4 Å². The molecule has 22 heavy (non-hydrogen) atoms. The molecule has 1 aromatic rings. The highest BCUT2D eigenvalue weighted by Crippen LogP contribution is 2.42. The second-order valence-electron chi connectivity index (χ2n) is 5.97. The molecule has 122 valence electrons. The number of amides is 1. The van der Waals surface area contributed by atoms with Crippen LogP contribution in [-0.2, 0) is 25.4 Å². The van der Waals surface area contributed by atoms with Crippen molar-refractivity contribution in [2.45, 2.75) is 43.9 Å². The van der Waals surface area contributed by atoms with Gasteiger partial charge in [-0.05, 0) is 6.42 Å². The summed E-state index contributed by atoms with van der Waals surface area (Å²) in [5.41, 5.74) is -1.32. The van der Waals surface area contributed by atoms with E-state index in [1.165, 1.54) is 0 Å². The van der Waals surface area contributed by atoms with Crippen LogP contribution in [-0.4, -0.2) is 54.8 Å². The van der Waals surface area contributed by atoms with Crippen molar-refractivity contribution in [2.75, 3.05) is 13.2 Å². The molecule has 0 saturated carbocycles. The predicted octanol–water partition coefficient (Wildman–Crippen LogP) is 0.528. The third kappa shape index (κ3) is 2.34. The van der Waals surface area contributed by atoms with Gasteiger partial charge in [0.2, 0.25) is 0 Å². The topological polar surface area (TPSA) is 98.8 Å². The van der Waals surface area contributed by atoms with Crippen molar-refractivity contribution in [3.63, 3.8) is 0 Å². The first kappa shape index (κ1) is 15.2. The number of aromatic nitrogens is 2. The van der Waals surface area contributed by atoms with E-state index in [4.69, 9.17) is 5.11 Å². The fourth-order valence-corrected chi connectivity index (χ4v) is 3.11. The first-order valence-electron chi connectivity index (χ1n) is 7.04. The van der Waals surface area contributed by atoms with E-state index in [-0.39, 0.29) is 43.7 Å². The molecule has 0 fully saturated rings. The Morgan fingerprint density at radius 3 is 2.73 bits per heavy atom. The summed E-state index contributed by atoms with van der Waals surface area (Å²) in [5, 5.41) is 32.6. The molecule has 3 heterocycles. The third-order valence-corrected chi connectivity index (χ3v) is 4.36. The monoisotopic (exact) mass is 317 g/mol. The first-order valence-corrected chi connectivity index (χ1v) is 7.04. The summed E-state index contributed by atoms with van der Waals surface area (Å²) >= 11 is 0. The molecular weight excluding hydrogens is 300 g/mol. The molecule has 3 rings (SSSR count). The summed E-state index contributed by atoms with van der Waals surface area (Å²) in [4.78, 5) is 12.1. The van der Waals surface area contributed by atoms with E-state index in [2.05, 4.69) is 5.10 Å². The Bertz CT molecular complexity index is 619. The molecule has 0 aliphatic carbocycles. The van der Waals surface area contributed by atoms with E-state index < -0.39 is 30.6 Å². The quantitative estimate of drug-likeness (QED) is 0.702. The lowest BCUT2D eigenvalue weighted by atomic mass is 9.96. The summed E-state index contributed by atoms with van der Waals surface area (Å²) in [6, 6.07) is 0. The minimum Gasteiger partial charge on any atom is -0.465 e. The molecule has 3 N–H and O–H groups in total. The van der Waals surface area contributed by atoms with Crippen molar-refractivity contribution >= 4 is 6.09 Å². The van der Waals surface area contributed by atoms with Gasteiger partial charge in [0.1, 0.15) is 11.3 Å². The number of aliphatic hydroxyl groups is 2. The van der Waals surface area contributed by atoms with Crippen LogP contribution in [0.1, 0.15) is 29.8 Å². The summed E-state index contributed by atoms with van der Waals surface area (Å²) in [5.74, 6) is -3.22. The van der Waals surface area contributed by atoms with Gasteiger partial charge < -0.3 is 20.2 Å². The number of carboxylic acid groups (broad SMARTS) is 1. The van der Waals surface area contributed by atoms with Crippen LogP contribution in [0.15, 0.2) is 0 Å². The van der Waals surface area contributed by atoms with Gasteiger partial charge in [0.15, 0.2) is 0 Å². The van der Waals surface area contributed by atoms with E-state index in [1.54, 1.807) is 0 Å². The van der Waals surface area contributed by atoms with Gasteiger partial charge in [-0.25, -0.2) is 4.79 Å². The Hall–Kier alpha value is -1.74.